The molecule has 1 atom stereocenters. The predicted molar refractivity (Wildman–Crippen MR) is 74.3 cm³/mol. The number of ether oxygens (including phenoxy) is 1. The quantitative estimate of drug-likeness (QED) is 0.907. The van der Waals surface area contributed by atoms with Gasteiger partial charge >= 0.3 is 5.97 Å². The van der Waals surface area contributed by atoms with Gasteiger partial charge in [-0.1, -0.05) is 23.8 Å². The lowest BCUT2D eigenvalue weighted by Crippen LogP contribution is -2.30. The predicted octanol–water partition coefficient (Wildman–Crippen LogP) is 2.97. The van der Waals surface area contributed by atoms with Crippen LogP contribution in [0.25, 0.3) is 0 Å². The Labute approximate surface area is 114 Å². The van der Waals surface area contributed by atoms with Gasteiger partial charge in [0.05, 0.1) is 5.92 Å². The van der Waals surface area contributed by atoms with E-state index in [1.54, 1.807) is 0 Å². The van der Waals surface area contributed by atoms with Gasteiger partial charge < -0.3 is 9.84 Å². The van der Waals surface area contributed by atoms with Gasteiger partial charge in [0.25, 0.3) is 0 Å². The second-order valence-corrected chi connectivity index (χ2v) is 5.53. The minimum atomic E-state index is -0.674. The molecule has 1 aliphatic rings. The normalized spacial score (nSPS) is 18.2. The van der Waals surface area contributed by atoms with Gasteiger partial charge in [-0.05, 0) is 50.2 Å². The van der Waals surface area contributed by atoms with E-state index in [4.69, 9.17) is 4.74 Å². The topological polar surface area (TPSA) is 46.5 Å². The van der Waals surface area contributed by atoms with E-state index in [0.29, 0.717) is 19.6 Å². The first-order valence-electron chi connectivity index (χ1n) is 6.94. The van der Waals surface area contributed by atoms with Gasteiger partial charge in [-0.2, -0.15) is 0 Å². The van der Waals surface area contributed by atoms with Crippen molar-refractivity contribution in [2.24, 2.45) is 11.8 Å². The summed E-state index contributed by atoms with van der Waals surface area (Å²) in [7, 11) is 0. The molecule has 1 fully saturated rings. The van der Waals surface area contributed by atoms with Crippen LogP contribution >= 0.6 is 0 Å². The number of aliphatic carboxylic acids is 1. The summed E-state index contributed by atoms with van der Waals surface area (Å²) in [6, 6.07) is 6.25. The zero-order chi connectivity index (χ0) is 13.8. The second kappa shape index (κ2) is 6.20. The Bertz CT molecular complexity index is 447. The van der Waals surface area contributed by atoms with Crippen molar-refractivity contribution in [3.8, 4) is 0 Å². The number of benzene rings is 1. The van der Waals surface area contributed by atoms with Gasteiger partial charge in [0.1, 0.15) is 0 Å². The molecule has 1 aromatic rings. The van der Waals surface area contributed by atoms with Crippen LogP contribution in [0.5, 0.6) is 0 Å². The van der Waals surface area contributed by atoms with Gasteiger partial charge in [0.15, 0.2) is 0 Å². The summed E-state index contributed by atoms with van der Waals surface area (Å²) in [4.78, 5) is 11.5. The lowest BCUT2D eigenvalue weighted by Gasteiger charge is -2.28. The minimum absolute atomic E-state index is 0.243. The molecule has 1 aliphatic heterocycles. The summed E-state index contributed by atoms with van der Waals surface area (Å²) < 4.78 is 5.33. The number of hydrogen-bond donors (Lipinski definition) is 1. The van der Waals surface area contributed by atoms with Crippen LogP contribution < -0.4 is 0 Å². The molecule has 19 heavy (non-hydrogen) atoms. The van der Waals surface area contributed by atoms with Crippen molar-refractivity contribution in [1.82, 2.24) is 0 Å². The molecule has 0 aromatic heterocycles. The molecule has 1 unspecified atom stereocenters. The van der Waals surface area contributed by atoms with E-state index in [0.717, 1.165) is 18.4 Å². The third-order valence-corrected chi connectivity index (χ3v) is 4.09. The van der Waals surface area contributed by atoms with Crippen molar-refractivity contribution < 1.29 is 14.6 Å². The Morgan fingerprint density at radius 2 is 2.05 bits per heavy atom. The Hall–Kier alpha value is -1.35. The molecule has 0 amide bonds. The lowest BCUT2D eigenvalue weighted by atomic mass is 9.81. The van der Waals surface area contributed by atoms with Crippen LogP contribution in [0.2, 0.25) is 0 Å². The molecule has 3 heteroatoms. The Kier molecular flexibility index (Phi) is 4.59. The standard InChI is InChI=1S/C16H22O3/c1-11-3-4-14(12(2)9-11)10-15(16(17)18)13-5-7-19-8-6-13/h3-4,9,13,15H,5-8,10H2,1-2H3,(H,17,18). The van der Waals surface area contributed by atoms with Crippen molar-refractivity contribution in [1.29, 1.82) is 0 Å². The second-order valence-electron chi connectivity index (χ2n) is 5.53. The van der Waals surface area contributed by atoms with E-state index >= 15 is 0 Å². The van der Waals surface area contributed by atoms with Crippen LogP contribution in [0.15, 0.2) is 18.2 Å². The summed E-state index contributed by atoms with van der Waals surface area (Å²) in [5.74, 6) is -0.718. The largest absolute Gasteiger partial charge is 0.481 e. The molecule has 0 spiro atoms. The molecule has 1 saturated heterocycles. The maximum atomic E-state index is 11.5. The molecule has 3 nitrogen and oxygen atoms in total. The summed E-state index contributed by atoms with van der Waals surface area (Å²) in [5, 5.41) is 9.49. The van der Waals surface area contributed by atoms with Crippen molar-refractivity contribution >= 4 is 5.97 Å². The van der Waals surface area contributed by atoms with E-state index in [1.807, 2.05) is 0 Å². The van der Waals surface area contributed by atoms with Gasteiger partial charge in [0, 0.05) is 13.2 Å². The van der Waals surface area contributed by atoms with Crippen molar-refractivity contribution in [3.63, 3.8) is 0 Å². The molecular formula is C16H22O3. The third kappa shape index (κ3) is 3.57. The Balaban J connectivity index is 2.13. The van der Waals surface area contributed by atoms with Gasteiger partial charge in [-0.25, -0.2) is 0 Å². The number of carbonyl (C=O) groups is 1. The Morgan fingerprint density at radius 1 is 1.37 bits per heavy atom. The van der Waals surface area contributed by atoms with Gasteiger partial charge in [-0.15, -0.1) is 0 Å². The fourth-order valence-corrected chi connectivity index (χ4v) is 2.89. The fourth-order valence-electron chi connectivity index (χ4n) is 2.89. The molecule has 0 saturated carbocycles. The van der Waals surface area contributed by atoms with Crippen LogP contribution in [-0.2, 0) is 16.0 Å². The van der Waals surface area contributed by atoms with Crippen LogP contribution in [0, 0.1) is 25.7 Å². The number of hydrogen-bond acceptors (Lipinski definition) is 2. The SMILES string of the molecule is Cc1ccc(CC(C(=O)O)C2CCOCC2)c(C)c1. The van der Waals surface area contributed by atoms with Crippen LogP contribution in [0.1, 0.15) is 29.5 Å². The third-order valence-electron chi connectivity index (χ3n) is 4.09. The van der Waals surface area contributed by atoms with E-state index in [2.05, 4.69) is 32.0 Å². The van der Waals surface area contributed by atoms with Gasteiger partial charge in [-0.3, -0.25) is 4.79 Å². The molecule has 104 valence electrons. The smallest absolute Gasteiger partial charge is 0.307 e. The van der Waals surface area contributed by atoms with Crippen molar-refractivity contribution in [2.75, 3.05) is 13.2 Å². The molecule has 0 bridgehead atoms. The first-order valence-corrected chi connectivity index (χ1v) is 6.94. The molecule has 0 aliphatic carbocycles. The zero-order valence-corrected chi connectivity index (χ0v) is 11.7. The maximum Gasteiger partial charge on any atom is 0.307 e. The summed E-state index contributed by atoms with van der Waals surface area (Å²) in [5.41, 5.74) is 3.57. The number of aryl methyl sites for hydroxylation is 2. The molecule has 0 radical (unpaired) electrons. The number of rotatable bonds is 4. The van der Waals surface area contributed by atoms with E-state index in [-0.39, 0.29) is 11.8 Å². The average Bonchev–Trinajstić information content (AvgIpc) is 2.38. The zero-order valence-electron chi connectivity index (χ0n) is 11.7. The molecule has 1 aromatic carbocycles. The van der Waals surface area contributed by atoms with E-state index < -0.39 is 5.97 Å². The van der Waals surface area contributed by atoms with Gasteiger partial charge in [0.2, 0.25) is 0 Å². The average molecular weight is 262 g/mol. The van der Waals surface area contributed by atoms with Crippen LogP contribution in [0.4, 0.5) is 0 Å². The highest BCUT2D eigenvalue weighted by Crippen LogP contribution is 2.28. The fraction of sp³-hybridized carbons (Fsp3) is 0.562. The number of carboxylic acid groups (broad SMARTS) is 1. The van der Waals surface area contributed by atoms with Crippen molar-refractivity contribution in [2.45, 2.75) is 33.1 Å². The summed E-state index contributed by atoms with van der Waals surface area (Å²) in [6.07, 6.45) is 2.36. The molecule has 1 heterocycles. The van der Waals surface area contributed by atoms with Crippen LogP contribution in [-0.4, -0.2) is 24.3 Å². The molecular weight excluding hydrogens is 240 g/mol. The number of carboxylic acids is 1. The van der Waals surface area contributed by atoms with E-state index in [1.165, 1.54) is 11.1 Å². The molecule has 1 N–H and O–H groups in total. The van der Waals surface area contributed by atoms with Crippen LogP contribution in [0.3, 0.4) is 0 Å². The summed E-state index contributed by atoms with van der Waals surface area (Å²) >= 11 is 0. The van der Waals surface area contributed by atoms with E-state index in [9.17, 15) is 9.90 Å². The minimum Gasteiger partial charge on any atom is -0.481 e. The highest BCUT2D eigenvalue weighted by Gasteiger charge is 2.30. The molecule has 2 rings (SSSR count). The highest BCUT2D eigenvalue weighted by atomic mass is 16.5. The highest BCUT2D eigenvalue weighted by molar-refractivity contribution is 5.71. The lowest BCUT2D eigenvalue weighted by molar-refractivity contribution is -0.145. The first kappa shape index (κ1) is 14.1. The maximum absolute atomic E-state index is 11.5. The Morgan fingerprint density at radius 3 is 2.63 bits per heavy atom. The monoisotopic (exact) mass is 262 g/mol. The van der Waals surface area contributed by atoms with Crippen molar-refractivity contribution in [3.05, 3.63) is 34.9 Å². The first-order chi connectivity index (χ1) is 9.08. The summed E-state index contributed by atoms with van der Waals surface area (Å²) in [6.45, 7) is 5.51.